The van der Waals surface area contributed by atoms with E-state index in [2.05, 4.69) is 20.6 Å². The number of piperidine rings is 1. The monoisotopic (exact) mass is 206 g/mol. The second-order valence-electron chi connectivity index (χ2n) is 4.08. The number of hydrogen-bond donors (Lipinski definition) is 2. The van der Waals surface area contributed by atoms with Gasteiger partial charge in [-0.25, -0.2) is 9.97 Å². The van der Waals surface area contributed by atoms with E-state index >= 15 is 0 Å². The molecule has 4 heteroatoms. The largest absolute Gasteiger partial charge is 0.370 e. The van der Waals surface area contributed by atoms with Gasteiger partial charge in [-0.3, -0.25) is 0 Å². The lowest BCUT2D eigenvalue weighted by molar-refractivity contribution is 0.392. The van der Waals surface area contributed by atoms with Crippen LogP contribution in [0.5, 0.6) is 0 Å². The number of nitrogens with zero attached hydrogens (tertiary/aromatic N) is 2. The third-order valence-corrected chi connectivity index (χ3v) is 2.75. The van der Waals surface area contributed by atoms with Crippen molar-refractivity contribution in [3.8, 4) is 0 Å². The summed E-state index contributed by atoms with van der Waals surface area (Å²) < 4.78 is 0. The van der Waals surface area contributed by atoms with Crippen LogP contribution in [-0.2, 0) is 0 Å². The Morgan fingerprint density at radius 2 is 2.53 bits per heavy atom. The van der Waals surface area contributed by atoms with E-state index in [1.165, 1.54) is 19.4 Å². The highest BCUT2D eigenvalue weighted by molar-refractivity contribution is 5.32. The van der Waals surface area contributed by atoms with Gasteiger partial charge in [-0.1, -0.05) is 0 Å². The van der Waals surface area contributed by atoms with Crippen LogP contribution in [0.2, 0.25) is 0 Å². The van der Waals surface area contributed by atoms with Crippen LogP contribution in [0.4, 0.5) is 5.82 Å². The first-order valence-electron chi connectivity index (χ1n) is 5.59. The molecule has 0 aliphatic carbocycles. The van der Waals surface area contributed by atoms with Crippen LogP contribution in [0.25, 0.3) is 0 Å². The molecule has 0 bridgehead atoms. The molecule has 1 unspecified atom stereocenters. The van der Waals surface area contributed by atoms with E-state index in [0.29, 0.717) is 0 Å². The van der Waals surface area contributed by atoms with Gasteiger partial charge in [0.1, 0.15) is 11.6 Å². The van der Waals surface area contributed by atoms with Crippen molar-refractivity contribution in [3.05, 3.63) is 18.1 Å². The summed E-state index contributed by atoms with van der Waals surface area (Å²) in [6.45, 7) is 5.21. The lowest BCUT2D eigenvalue weighted by Gasteiger charge is -2.23. The zero-order chi connectivity index (χ0) is 10.5. The van der Waals surface area contributed by atoms with Gasteiger partial charge in [0.05, 0.1) is 0 Å². The maximum Gasteiger partial charge on any atom is 0.129 e. The van der Waals surface area contributed by atoms with Gasteiger partial charge in [-0.05, 0) is 44.8 Å². The highest BCUT2D eigenvalue weighted by atomic mass is 15.0. The molecule has 0 saturated carbocycles. The summed E-state index contributed by atoms with van der Waals surface area (Å²) in [6.07, 6.45) is 4.39. The molecule has 4 nitrogen and oxygen atoms in total. The van der Waals surface area contributed by atoms with Crippen LogP contribution < -0.4 is 10.6 Å². The Morgan fingerprint density at radius 3 is 3.27 bits per heavy atom. The molecule has 1 saturated heterocycles. The molecule has 0 amide bonds. The highest BCUT2D eigenvalue weighted by Gasteiger charge is 2.12. The number of anilines is 1. The summed E-state index contributed by atoms with van der Waals surface area (Å²) in [5.74, 6) is 2.49. The van der Waals surface area contributed by atoms with Crippen molar-refractivity contribution in [3.63, 3.8) is 0 Å². The molecule has 2 rings (SSSR count). The smallest absolute Gasteiger partial charge is 0.129 e. The summed E-state index contributed by atoms with van der Waals surface area (Å²) >= 11 is 0. The average Bonchev–Trinajstić information content (AvgIpc) is 2.28. The molecule has 0 spiro atoms. The van der Waals surface area contributed by atoms with Crippen LogP contribution in [0, 0.1) is 12.8 Å². The van der Waals surface area contributed by atoms with Crippen LogP contribution >= 0.6 is 0 Å². The molecule has 1 atom stereocenters. The summed E-state index contributed by atoms with van der Waals surface area (Å²) in [4.78, 5) is 8.39. The maximum absolute atomic E-state index is 4.31. The lowest BCUT2D eigenvalue weighted by Crippen LogP contribution is -2.33. The van der Waals surface area contributed by atoms with E-state index < -0.39 is 0 Å². The minimum Gasteiger partial charge on any atom is -0.370 e. The molecule has 1 aromatic rings. The number of aromatic nitrogens is 2. The van der Waals surface area contributed by atoms with Gasteiger partial charge in [0, 0.05) is 12.7 Å². The van der Waals surface area contributed by atoms with Crippen molar-refractivity contribution >= 4 is 5.82 Å². The SMILES string of the molecule is Cc1nccc(NCC2CCCNC2)n1. The van der Waals surface area contributed by atoms with Gasteiger partial charge < -0.3 is 10.6 Å². The third kappa shape index (κ3) is 3.16. The second kappa shape index (κ2) is 5.07. The topological polar surface area (TPSA) is 49.8 Å². The quantitative estimate of drug-likeness (QED) is 0.780. The molecule has 15 heavy (non-hydrogen) atoms. The lowest BCUT2D eigenvalue weighted by atomic mass is 10.00. The van der Waals surface area contributed by atoms with Crippen LogP contribution in [0.3, 0.4) is 0 Å². The Morgan fingerprint density at radius 1 is 1.60 bits per heavy atom. The number of hydrogen-bond acceptors (Lipinski definition) is 4. The number of aryl methyl sites for hydroxylation is 1. The van der Waals surface area contributed by atoms with E-state index in [-0.39, 0.29) is 0 Å². The minimum absolute atomic E-state index is 0.731. The van der Waals surface area contributed by atoms with Gasteiger partial charge in [0.15, 0.2) is 0 Å². The van der Waals surface area contributed by atoms with Crippen molar-refractivity contribution in [2.24, 2.45) is 5.92 Å². The fourth-order valence-electron chi connectivity index (χ4n) is 1.90. The summed E-state index contributed by atoms with van der Waals surface area (Å²) in [6, 6.07) is 1.92. The first-order chi connectivity index (χ1) is 7.34. The zero-order valence-corrected chi connectivity index (χ0v) is 9.16. The number of nitrogens with one attached hydrogen (secondary N) is 2. The molecule has 2 heterocycles. The molecule has 0 radical (unpaired) electrons. The van der Waals surface area contributed by atoms with E-state index in [4.69, 9.17) is 0 Å². The van der Waals surface area contributed by atoms with Gasteiger partial charge in [0.2, 0.25) is 0 Å². The fourth-order valence-corrected chi connectivity index (χ4v) is 1.90. The van der Waals surface area contributed by atoms with Crippen molar-refractivity contribution < 1.29 is 0 Å². The molecule has 2 N–H and O–H groups in total. The Bertz CT molecular complexity index is 307. The molecule has 82 valence electrons. The normalized spacial score (nSPS) is 21.3. The average molecular weight is 206 g/mol. The minimum atomic E-state index is 0.731. The summed E-state index contributed by atoms with van der Waals surface area (Å²) in [5, 5.41) is 6.77. The molecule has 1 fully saturated rings. The Labute approximate surface area is 90.5 Å². The third-order valence-electron chi connectivity index (χ3n) is 2.75. The standard InChI is InChI=1S/C11H18N4/c1-9-13-6-4-11(15-9)14-8-10-3-2-5-12-7-10/h4,6,10,12H,2-3,5,7-8H2,1H3,(H,13,14,15). The van der Waals surface area contributed by atoms with Gasteiger partial charge >= 0.3 is 0 Å². The van der Waals surface area contributed by atoms with Crippen molar-refractivity contribution in [1.82, 2.24) is 15.3 Å². The first kappa shape index (κ1) is 10.4. The molecule has 1 aliphatic heterocycles. The van der Waals surface area contributed by atoms with E-state index in [0.717, 1.165) is 30.6 Å². The molecular formula is C11H18N4. The molecule has 1 aromatic heterocycles. The predicted molar refractivity (Wildman–Crippen MR) is 60.9 cm³/mol. The molecular weight excluding hydrogens is 188 g/mol. The predicted octanol–water partition coefficient (Wildman–Crippen LogP) is 1.20. The van der Waals surface area contributed by atoms with E-state index in [9.17, 15) is 0 Å². The zero-order valence-electron chi connectivity index (χ0n) is 9.16. The van der Waals surface area contributed by atoms with Crippen LogP contribution in [0.15, 0.2) is 12.3 Å². The van der Waals surface area contributed by atoms with Gasteiger partial charge in [-0.2, -0.15) is 0 Å². The maximum atomic E-state index is 4.31. The van der Waals surface area contributed by atoms with Crippen molar-refractivity contribution in [2.75, 3.05) is 25.0 Å². The summed E-state index contributed by atoms with van der Waals surface area (Å²) in [5.41, 5.74) is 0. The molecule has 0 aromatic carbocycles. The Balaban J connectivity index is 1.81. The Hall–Kier alpha value is -1.16. The second-order valence-corrected chi connectivity index (χ2v) is 4.08. The van der Waals surface area contributed by atoms with Gasteiger partial charge in [0.25, 0.3) is 0 Å². The van der Waals surface area contributed by atoms with Crippen molar-refractivity contribution in [1.29, 1.82) is 0 Å². The fraction of sp³-hybridized carbons (Fsp3) is 0.636. The van der Waals surface area contributed by atoms with Crippen LogP contribution in [0.1, 0.15) is 18.7 Å². The van der Waals surface area contributed by atoms with Gasteiger partial charge in [-0.15, -0.1) is 0 Å². The number of rotatable bonds is 3. The van der Waals surface area contributed by atoms with Crippen molar-refractivity contribution in [2.45, 2.75) is 19.8 Å². The molecule has 1 aliphatic rings. The van der Waals surface area contributed by atoms with E-state index in [1.807, 2.05) is 13.0 Å². The first-order valence-corrected chi connectivity index (χ1v) is 5.59. The highest BCUT2D eigenvalue weighted by Crippen LogP contribution is 2.11. The summed E-state index contributed by atoms with van der Waals surface area (Å²) in [7, 11) is 0. The Kier molecular flexibility index (Phi) is 3.50. The van der Waals surface area contributed by atoms with Crippen LogP contribution in [-0.4, -0.2) is 29.6 Å². The van der Waals surface area contributed by atoms with E-state index in [1.54, 1.807) is 6.20 Å².